The average Bonchev–Trinajstić information content (AvgIpc) is 2.68. The van der Waals surface area contributed by atoms with Crippen LogP contribution in [0.4, 0.5) is 0 Å². The molecule has 0 atom stereocenters. The molecule has 144 valence electrons. The molecule has 27 heavy (non-hydrogen) atoms. The van der Waals surface area contributed by atoms with E-state index in [1.165, 1.54) is 5.56 Å². The number of rotatable bonds is 9. The zero-order chi connectivity index (χ0) is 19.5. The molecular weight excluding hydrogens is 344 g/mol. The number of nitrogens with one attached hydrogen (secondary N) is 2. The first kappa shape index (κ1) is 20.3. The molecule has 0 aliphatic carbocycles. The minimum Gasteiger partial charge on any atom is -0.494 e. The molecule has 6 heteroatoms. The highest BCUT2D eigenvalue weighted by atomic mass is 16.5. The summed E-state index contributed by atoms with van der Waals surface area (Å²) in [5, 5.41) is 0. The first-order valence-corrected chi connectivity index (χ1v) is 9.05. The van der Waals surface area contributed by atoms with Gasteiger partial charge in [-0.1, -0.05) is 31.2 Å². The maximum atomic E-state index is 11.7. The van der Waals surface area contributed by atoms with Crippen molar-refractivity contribution in [3.05, 3.63) is 59.7 Å². The Morgan fingerprint density at radius 1 is 0.926 bits per heavy atom. The summed E-state index contributed by atoms with van der Waals surface area (Å²) >= 11 is 0. The highest BCUT2D eigenvalue weighted by Crippen LogP contribution is 2.13. The minimum atomic E-state index is -0.418. The molecule has 0 heterocycles. The molecule has 2 aromatic carbocycles. The van der Waals surface area contributed by atoms with Gasteiger partial charge in [0.2, 0.25) is 5.91 Å². The van der Waals surface area contributed by atoms with Crippen molar-refractivity contribution in [2.75, 3.05) is 13.2 Å². The summed E-state index contributed by atoms with van der Waals surface area (Å²) in [4.78, 5) is 23.5. The van der Waals surface area contributed by atoms with Gasteiger partial charge >= 0.3 is 0 Å². The van der Waals surface area contributed by atoms with Gasteiger partial charge in [0, 0.05) is 6.42 Å². The van der Waals surface area contributed by atoms with Crippen LogP contribution in [-0.2, 0) is 16.0 Å². The van der Waals surface area contributed by atoms with Crippen LogP contribution >= 0.6 is 0 Å². The Balaban J connectivity index is 1.56. The molecule has 0 saturated carbocycles. The van der Waals surface area contributed by atoms with Crippen molar-refractivity contribution in [2.45, 2.75) is 33.1 Å². The SMILES string of the molecule is CCc1ccc(OCC(=O)NNC(=O)CCCOc2cccc(C)c2)cc1. The standard InChI is InChI=1S/C21H26N2O4/c1-3-17-9-11-18(12-10-17)27-15-21(25)23-22-20(24)8-5-13-26-19-7-4-6-16(2)14-19/h4,6-7,9-12,14H,3,5,8,13,15H2,1-2H3,(H,22,24)(H,23,25). The van der Waals surface area contributed by atoms with E-state index in [2.05, 4.69) is 17.8 Å². The van der Waals surface area contributed by atoms with Crippen molar-refractivity contribution in [3.8, 4) is 11.5 Å². The molecule has 2 N–H and O–H groups in total. The van der Waals surface area contributed by atoms with E-state index in [-0.39, 0.29) is 18.9 Å². The van der Waals surface area contributed by atoms with E-state index in [1.807, 2.05) is 55.5 Å². The Kier molecular flexibility index (Phi) is 8.16. The van der Waals surface area contributed by atoms with Crippen molar-refractivity contribution in [1.82, 2.24) is 10.9 Å². The summed E-state index contributed by atoms with van der Waals surface area (Å²) in [6.45, 7) is 4.33. The molecule has 2 rings (SSSR count). The van der Waals surface area contributed by atoms with Gasteiger partial charge in [0.25, 0.3) is 5.91 Å². The van der Waals surface area contributed by atoms with Crippen molar-refractivity contribution in [2.24, 2.45) is 0 Å². The van der Waals surface area contributed by atoms with Crippen LogP contribution in [0.2, 0.25) is 0 Å². The van der Waals surface area contributed by atoms with Crippen LogP contribution in [0.25, 0.3) is 0 Å². The van der Waals surface area contributed by atoms with E-state index in [4.69, 9.17) is 9.47 Å². The van der Waals surface area contributed by atoms with Crippen LogP contribution in [0.5, 0.6) is 11.5 Å². The van der Waals surface area contributed by atoms with E-state index >= 15 is 0 Å². The van der Waals surface area contributed by atoms with Crippen molar-refractivity contribution >= 4 is 11.8 Å². The lowest BCUT2D eigenvalue weighted by atomic mass is 10.2. The fraction of sp³-hybridized carbons (Fsp3) is 0.333. The third-order valence-corrected chi connectivity index (χ3v) is 3.85. The fourth-order valence-corrected chi connectivity index (χ4v) is 2.34. The number of ether oxygens (including phenoxy) is 2. The zero-order valence-corrected chi connectivity index (χ0v) is 15.8. The molecule has 0 radical (unpaired) electrons. The molecule has 0 bridgehead atoms. The quantitative estimate of drug-likeness (QED) is 0.526. The van der Waals surface area contributed by atoms with Gasteiger partial charge in [0.05, 0.1) is 6.61 Å². The lowest BCUT2D eigenvalue weighted by molar-refractivity contribution is -0.130. The van der Waals surface area contributed by atoms with Gasteiger partial charge in [-0.15, -0.1) is 0 Å². The number of benzene rings is 2. The smallest absolute Gasteiger partial charge is 0.276 e. The van der Waals surface area contributed by atoms with Gasteiger partial charge in [-0.05, 0) is 55.2 Å². The number of hydrazine groups is 1. The van der Waals surface area contributed by atoms with Gasteiger partial charge in [-0.3, -0.25) is 20.4 Å². The zero-order valence-electron chi connectivity index (χ0n) is 15.8. The van der Waals surface area contributed by atoms with Crippen molar-refractivity contribution in [1.29, 1.82) is 0 Å². The topological polar surface area (TPSA) is 76.7 Å². The Bertz CT molecular complexity index is 744. The van der Waals surface area contributed by atoms with Crippen molar-refractivity contribution in [3.63, 3.8) is 0 Å². The van der Waals surface area contributed by atoms with Crippen LogP contribution in [0.15, 0.2) is 48.5 Å². The summed E-state index contributed by atoms with van der Waals surface area (Å²) in [6, 6.07) is 15.3. The molecular formula is C21H26N2O4. The molecule has 0 saturated heterocycles. The molecule has 6 nitrogen and oxygen atoms in total. The number of hydrogen-bond donors (Lipinski definition) is 2. The number of aryl methyl sites for hydroxylation is 2. The van der Waals surface area contributed by atoms with Crippen LogP contribution in [0, 0.1) is 6.92 Å². The monoisotopic (exact) mass is 370 g/mol. The Morgan fingerprint density at radius 3 is 2.37 bits per heavy atom. The van der Waals surface area contributed by atoms with Gasteiger partial charge in [0.1, 0.15) is 11.5 Å². The molecule has 0 fully saturated rings. The van der Waals surface area contributed by atoms with Crippen LogP contribution < -0.4 is 20.3 Å². The summed E-state index contributed by atoms with van der Waals surface area (Å²) in [7, 11) is 0. The number of amides is 2. The number of carbonyl (C=O) groups excluding carboxylic acids is 2. The molecule has 2 aromatic rings. The maximum absolute atomic E-state index is 11.7. The normalized spacial score (nSPS) is 10.1. The summed E-state index contributed by atoms with van der Waals surface area (Å²) in [5.41, 5.74) is 7.03. The maximum Gasteiger partial charge on any atom is 0.276 e. The first-order valence-electron chi connectivity index (χ1n) is 9.05. The molecule has 0 spiro atoms. The molecule has 2 amide bonds. The molecule has 0 unspecified atom stereocenters. The fourth-order valence-electron chi connectivity index (χ4n) is 2.34. The predicted octanol–water partition coefficient (Wildman–Crippen LogP) is 2.94. The second kappa shape index (κ2) is 10.9. The lowest BCUT2D eigenvalue weighted by Gasteiger charge is -2.10. The minimum absolute atomic E-state index is 0.164. The first-order chi connectivity index (χ1) is 13.1. The number of carbonyl (C=O) groups is 2. The van der Waals surface area contributed by atoms with Gasteiger partial charge in [0.15, 0.2) is 6.61 Å². The summed E-state index contributed by atoms with van der Waals surface area (Å²) < 4.78 is 11.0. The highest BCUT2D eigenvalue weighted by molar-refractivity contribution is 5.82. The third-order valence-electron chi connectivity index (χ3n) is 3.85. The molecule has 0 aliphatic rings. The summed E-state index contributed by atoms with van der Waals surface area (Å²) in [5.74, 6) is 0.706. The van der Waals surface area contributed by atoms with E-state index in [9.17, 15) is 9.59 Å². The van der Waals surface area contributed by atoms with E-state index in [1.54, 1.807) is 0 Å². The van der Waals surface area contributed by atoms with Gasteiger partial charge in [-0.2, -0.15) is 0 Å². The Labute approximate surface area is 159 Å². The summed E-state index contributed by atoms with van der Waals surface area (Å²) in [6.07, 6.45) is 1.75. The molecule has 0 aliphatic heterocycles. The van der Waals surface area contributed by atoms with Crippen LogP contribution in [0.1, 0.15) is 30.9 Å². The number of hydrogen-bond acceptors (Lipinski definition) is 4. The largest absolute Gasteiger partial charge is 0.494 e. The lowest BCUT2D eigenvalue weighted by Crippen LogP contribution is -2.43. The van der Waals surface area contributed by atoms with E-state index < -0.39 is 5.91 Å². The average molecular weight is 370 g/mol. The second-order valence-corrected chi connectivity index (χ2v) is 6.15. The van der Waals surface area contributed by atoms with Crippen LogP contribution in [-0.4, -0.2) is 25.0 Å². The van der Waals surface area contributed by atoms with E-state index in [0.29, 0.717) is 18.8 Å². The molecule has 0 aromatic heterocycles. The van der Waals surface area contributed by atoms with Gasteiger partial charge in [-0.25, -0.2) is 0 Å². The third kappa shape index (κ3) is 7.81. The Hall–Kier alpha value is -3.02. The van der Waals surface area contributed by atoms with Crippen molar-refractivity contribution < 1.29 is 19.1 Å². The van der Waals surface area contributed by atoms with Gasteiger partial charge < -0.3 is 9.47 Å². The highest BCUT2D eigenvalue weighted by Gasteiger charge is 2.06. The Morgan fingerprint density at radius 2 is 1.67 bits per heavy atom. The second-order valence-electron chi connectivity index (χ2n) is 6.15. The van der Waals surface area contributed by atoms with Crippen LogP contribution in [0.3, 0.4) is 0 Å². The predicted molar refractivity (Wildman–Crippen MR) is 104 cm³/mol. The van der Waals surface area contributed by atoms with E-state index in [0.717, 1.165) is 17.7 Å².